The number of nitrogens with one attached hydrogen (secondary N) is 1. The third kappa shape index (κ3) is 4.86. The van der Waals surface area contributed by atoms with Crippen LogP contribution in [0.5, 0.6) is 11.5 Å². The molecule has 1 atom stereocenters. The minimum atomic E-state index is -0.171. The van der Waals surface area contributed by atoms with Crippen LogP contribution in [0.1, 0.15) is 24.1 Å². The van der Waals surface area contributed by atoms with Gasteiger partial charge in [0.05, 0.1) is 20.3 Å². The van der Waals surface area contributed by atoms with Crippen molar-refractivity contribution in [3.63, 3.8) is 0 Å². The molecule has 0 aromatic heterocycles. The number of rotatable bonds is 6. The maximum Gasteiger partial charge on any atom is 0.244 e. The van der Waals surface area contributed by atoms with Gasteiger partial charge in [0, 0.05) is 16.1 Å². The van der Waals surface area contributed by atoms with Crippen LogP contribution in [0.4, 0.5) is 0 Å². The van der Waals surface area contributed by atoms with E-state index in [0.29, 0.717) is 11.5 Å². The first-order valence-corrected chi connectivity index (χ1v) is 8.29. The Kier molecular flexibility index (Phi) is 6.44. The van der Waals surface area contributed by atoms with Crippen molar-refractivity contribution in [3.05, 3.63) is 64.1 Å². The Labute approximate surface area is 150 Å². The van der Waals surface area contributed by atoms with E-state index in [0.717, 1.165) is 15.6 Å². The third-order valence-corrected chi connectivity index (χ3v) is 4.11. The summed E-state index contributed by atoms with van der Waals surface area (Å²) in [6, 6.07) is 13.2. The number of carbonyl (C=O) groups is 1. The van der Waals surface area contributed by atoms with Gasteiger partial charge in [0.1, 0.15) is 11.5 Å². The van der Waals surface area contributed by atoms with Crippen LogP contribution in [0, 0.1) is 0 Å². The molecule has 24 heavy (non-hydrogen) atoms. The molecule has 2 aromatic carbocycles. The van der Waals surface area contributed by atoms with Crippen LogP contribution in [0.15, 0.2) is 53.0 Å². The monoisotopic (exact) mass is 389 g/mol. The largest absolute Gasteiger partial charge is 0.497 e. The lowest BCUT2D eigenvalue weighted by Crippen LogP contribution is -2.24. The number of ether oxygens (including phenoxy) is 2. The summed E-state index contributed by atoms with van der Waals surface area (Å²) >= 11 is 3.40. The maximum absolute atomic E-state index is 12.1. The summed E-state index contributed by atoms with van der Waals surface area (Å²) in [5, 5.41) is 2.94. The predicted molar refractivity (Wildman–Crippen MR) is 99.3 cm³/mol. The molecule has 0 fully saturated rings. The first-order chi connectivity index (χ1) is 11.5. The van der Waals surface area contributed by atoms with Gasteiger partial charge in [-0.25, -0.2) is 0 Å². The molecular formula is C19H20BrNO3. The van der Waals surface area contributed by atoms with E-state index in [2.05, 4.69) is 21.2 Å². The van der Waals surface area contributed by atoms with Crippen molar-refractivity contribution >= 4 is 27.9 Å². The second-order valence-corrected chi connectivity index (χ2v) is 6.14. The highest BCUT2D eigenvalue weighted by atomic mass is 79.9. The van der Waals surface area contributed by atoms with Gasteiger partial charge in [-0.1, -0.05) is 28.1 Å². The Balaban J connectivity index is 2.06. The van der Waals surface area contributed by atoms with Crippen LogP contribution >= 0.6 is 15.9 Å². The lowest BCUT2D eigenvalue weighted by Gasteiger charge is -2.13. The molecule has 1 N–H and O–H groups in total. The molecule has 0 spiro atoms. The van der Waals surface area contributed by atoms with Crippen LogP contribution in [0.25, 0.3) is 6.08 Å². The van der Waals surface area contributed by atoms with E-state index in [-0.39, 0.29) is 11.9 Å². The molecule has 0 aliphatic rings. The van der Waals surface area contributed by atoms with Gasteiger partial charge in [0.15, 0.2) is 0 Å². The highest BCUT2D eigenvalue weighted by molar-refractivity contribution is 9.10. The zero-order chi connectivity index (χ0) is 17.5. The summed E-state index contributed by atoms with van der Waals surface area (Å²) in [5.74, 6) is 1.22. The van der Waals surface area contributed by atoms with Gasteiger partial charge in [-0.05, 0) is 48.9 Å². The number of methoxy groups -OCH3 is 2. The smallest absolute Gasteiger partial charge is 0.244 e. The third-order valence-electron chi connectivity index (χ3n) is 3.58. The molecule has 2 aromatic rings. The molecule has 0 radical (unpaired) electrons. The van der Waals surface area contributed by atoms with E-state index < -0.39 is 0 Å². The molecular weight excluding hydrogens is 370 g/mol. The molecule has 1 amide bonds. The first-order valence-electron chi connectivity index (χ1n) is 7.49. The zero-order valence-electron chi connectivity index (χ0n) is 13.9. The molecule has 0 heterocycles. The van der Waals surface area contributed by atoms with Gasteiger partial charge in [-0.3, -0.25) is 4.79 Å². The van der Waals surface area contributed by atoms with Gasteiger partial charge in [0.2, 0.25) is 5.91 Å². The highest BCUT2D eigenvalue weighted by Gasteiger charge is 2.08. The summed E-state index contributed by atoms with van der Waals surface area (Å²) in [6.45, 7) is 1.95. The fourth-order valence-electron chi connectivity index (χ4n) is 2.23. The fourth-order valence-corrected chi connectivity index (χ4v) is 2.50. The molecule has 5 heteroatoms. The molecule has 126 valence electrons. The Morgan fingerprint density at radius 1 is 1.12 bits per heavy atom. The lowest BCUT2D eigenvalue weighted by atomic mass is 10.1. The SMILES string of the molecule is COc1ccc(OC)c(/C=C/C(=O)N[C@@H](C)c2ccc(Br)cc2)c1. The van der Waals surface area contributed by atoms with E-state index >= 15 is 0 Å². The summed E-state index contributed by atoms with van der Waals surface area (Å²) in [6.07, 6.45) is 3.21. The van der Waals surface area contributed by atoms with Crippen molar-refractivity contribution < 1.29 is 14.3 Å². The highest BCUT2D eigenvalue weighted by Crippen LogP contribution is 2.25. The number of carbonyl (C=O) groups excluding carboxylic acids is 1. The second kappa shape index (κ2) is 8.55. The van der Waals surface area contributed by atoms with Crippen LogP contribution < -0.4 is 14.8 Å². The van der Waals surface area contributed by atoms with Crippen molar-refractivity contribution in [2.45, 2.75) is 13.0 Å². The molecule has 0 unspecified atom stereocenters. The van der Waals surface area contributed by atoms with Crippen LogP contribution in [-0.2, 0) is 4.79 Å². The van der Waals surface area contributed by atoms with Crippen molar-refractivity contribution in [1.29, 1.82) is 0 Å². The van der Waals surface area contributed by atoms with E-state index in [4.69, 9.17) is 9.47 Å². The number of benzene rings is 2. The van der Waals surface area contributed by atoms with Crippen LogP contribution in [0.2, 0.25) is 0 Å². The minimum absolute atomic E-state index is 0.0811. The quantitative estimate of drug-likeness (QED) is 0.746. The van der Waals surface area contributed by atoms with Crippen molar-refractivity contribution in [3.8, 4) is 11.5 Å². The number of hydrogen-bond acceptors (Lipinski definition) is 3. The summed E-state index contributed by atoms with van der Waals surface area (Å²) in [4.78, 5) is 12.1. The van der Waals surface area contributed by atoms with Crippen molar-refractivity contribution in [1.82, 2.24) is 5.32 Å². The Morgan fingerprint density at radius 2 is 1.83 bits per heavy atom. The average molecular weight is 390 g/mol. The maximum atomic E-state index is 12.1. The van der Waals surface area contributed by atoms with Crippen molar-refractivity contribution in [2.24, 2.45) is 0 Å². The van der Waals surface area contributed by atoms with E-state index in [1.807, 2.05) is 43.3 Å². The molecule has 0 saturated carbocycles. The zero-order valence-corrected chi connectivity index (χ0v) is 15.5. The second-order valence-electron chi connectivity index (χ2n) is 5.22. The number of amides is 1. The molecule has 2 rings (SSSR count). The van der Waals surface area contributed by atoms with Crippen LogP contribution in [-0.4, -0.2) is 20.1 Å². The normalized spacial score (nSPS) is 12.0. The van der Waals surface area contributed by atoms with Crippen LogP contribution in [0.3, 0.4) is 0 Å². The van der Waals surface area contributed by atoms with Gasteiger partial charge in [0.25, 0.3) is 0 Å². The standard InChI is InChI=1S/C19H20BrNO3/c1-13(14-4-7-16(20)8-5-14)21-19(22)11-6-15-12-17(23-2)9-10-18(15)24-3/h4-13H,1-3H3,(H,21,22)/b11-6+/t13-/m0/s1. The number of hydrogen-bond donors (Lipinski definition) is 1. The molecule has 0 bridgehead atoms. The topological polar surface area (TPSA) is 47.6 Å². The summed E-state index contributed by atoms with van der Waals surface area (Å²) < 4.78 is 11.5. The lowest BCUT2D eigenvalue weighted by molar-refractivity contribution is -0.117. The molecule has 0 aliphatic carbocycles. The summed E-state index contributed by atoms with van der Waals surface area (Å²) in [7, 11) is 3.19. The van der Waals surface area contributed by atoms with Gasteiger partial charge in [-0.15, -0.1) is 0 Å². The average Bonchev–Trinajstić information content (AvgIpc) is 2.60. The molecule has 0 aliphatic heterocycles. The van der Waals surface area contributed by atoms with Crippen molar-refractivity contribution in [2.75, 3.05) is 14.2 Å². The van der Waals surface area contributed by atoms with Gasteiger partial charge < -0.3 is 14.8 Å². The van der Waals surface area contributed by atoms with Gasteiger partial charge in [-0.2, -0.15) is 0 Å². The molecule has 0 saturated heterocycles. The fraction of sp³-hybridized carbons (Fsp3) is 0.211. The molecule has 4 nitrogen and oxygen atoms in total. The van der Waals surface area contributed by atoms with Gasteiger partial charge >= 0.3 is 0 Å². The number of halogens is 1. The van der Waals surface area contributed by atoms with E-state index in [9.17, 15) is 4.79 Å². The Morgan fingerprint density at radius 3 is 2.46 bits per heavy atom. The minimum Gasteiger partial charge on any atom is -0.497 e. The summed E-state index contributed by atoms with van der Waals surface area (Å²) in [5.41, 5.74) is 1.82. The Bertz CT molecular complexity index is 726. The first kappa shape index (κ1) is 18.1. The van der Waals surface area contributed by atoms with E-state index in [1.165, 1.54) is 6.08 Å². The predicted octanol–water partition coefficient (Wildman–Crippen LogP) is 4.36. The van der Waals surface area contributed by atoms with E-state index in [1.54, 1.807) is 26.4 Å². The Hall–Kier alpha value is -2.27.